The fourth-order valence-corrected chi connectivity index (χ4v) is 2.41. The number of nitrogens with one attached hydrogen (secondary N) is 5. The SMILES string of the molecule is CC(C)(C)OC(=O)NCCNC(=O)CN1CCNCCNCCNCC1. The summed E-state index contributed by atoms with van der Waals surface area (Å²) < 4.78 is 5.14. The van der Waals surface area contributed by atoms with Gasteiger partial charge in [-0.1, -0.05) is 0 Å². The molecular weight excluding hydrogens is 336 g/mol. The topological polar surface area (TPSA) is 107 Å². The molecule has 9 heteroatoms. The maximum absolute atomic E-state index is 12.1. The van der Waals surface area contributed by atoms with Crippen LogP contribution in [0.2, 0.25) is 0 Å². The minimum absolute atomic E-state index is 0.0373. The van der Waals surface area contributed by atoms with Crippen LogP contribution in [0.4, 0.5) is 4.79 Å². The molecule has 1 fully saturated rings. The van der Waals surface area contributed by atoms with E-state index in [9.17, 15) is 9.59 Å². The summed E-state index contributed by atoms with van der Waals surface area (Å²) in [7, 11) is 0. The van der Waals surface area contributed by atoms with Crippen LogP contribution < -0.4 is 26.6 Å². The van der Waals surface area contributed by atoms with Gasteiger partial charge >= 0.3 is 6.09 Å². The molecule has 1 aliphatic rings. The zero-order valence-corrected chi connectivity index (χ0v) is 16.5. The lowest BCUT2D eigenvalue weighted by atomic mass is 10.2. The standard InChI is InChI=1S/C17H36N6O3/c1-17(2,3)26-16(25)22-9-8-21-15(24)14-23-12-10-19-6-4-18-5-7-20-11-13-23/h18-20H,4-14H2,1-3H3,(H,21,24)(H,22,25). The number of ether oxygens (including phenoxy) is 1. The molecule has 0 saturated carbocycles. The van der Waals surface area contributed by atoms with Crippen molar-refractivity contribution in [2.45, 2.75) is 26.4 Å². The molecule has 0 spiro atoms. The van der Waals surface area contributed by atoms with Gasteiger partial charge in [-0.3, -0.25) is 9.69 Å². The summed E-state index contributed by atoms with van der Waals surface area (Å²) in [6.07, 6.45) is -0.471. The van der Waals surface area contributed by atoms with E-state index in [4.69, 9.17) is 4.74 Å². The minimum atomic E-state index is -0.521. The Kier molecular flexibility index (Phi) is 11.2. The first kappa shape index (κ1) is 22.6. The Morgan fingerprint density at radius 3 is 1.92 bits per heavy atom. The van der Waals surface area contributed by atoms with E-state index in [0.29, 0.717) is 19.6 Å². The highest BCUT2D eigenvalue weighted by atomic mass is 16.6. The summed E-state index contributed by atoms with van der Waals surface area (Å²) in [4.78, 5) is 25.8. The van der Waals surface area contributed by atoms with E-state index < -0.39 is 11.7 Å². The third-order valence-corrected chi connectivity index (χ3v) is 3.65. The smallest absolute Gasteiger partial charge is 0.407 e. The van der Waals surface area contributed by atoms with Crippen LogP contribution in [-0.4, -0.2) is 94.5 Å². The molecule has 26 heavy (non-hydrogen) atoms. The molecule has 0 aliphatic carbocycles. The van der Waals surface area contributed by atoms with E-state index in [1.165, 1.54) is 0 Å². The van der Waals surface area contributed by atoms with Crippen molar-refractivity contribution in [3.63, 3.8) is 0 Å². The normalized spacial score (nSPS) is 18.3. The molecule has 9 nitrogen and oxygen atoms in total. The number of hydrogen-bond acceptors (Lipinski definition) is 7. The maximum Gasteiger partial charge on any atom is 0.407 e. The molecular formula is C17H36N6O3. The van der Waals surface area contributed by atoms with Gasteiger partial charge in [-0.05, 0) is 20.8 Å². The Morgan fingerprint density at radius 2 is 1.38 bits per heavy atom. The first-order valence-electron chi connectivity index (χ1n) is 9.45. The lowest BCUT2D eigenvalue weighted by molar-refractivity contribution is -0.122. The molecule has 0 aromatic heterocycles. The molecule has 0 unspecified atom stereocenters. The van der Waals surface area contributed by atoms with E-state index in [1.807, 2.05) is 20.8 Å². The van der Waals surface area contributed by atoms with Crippen LogP contribution in [0.3, 0.4) is 0 Å². The van der Waals surface area contributed by atoms with Gasteiger partial charge in [-0.2, -0.15) is 0 Å². The third kappa shape index (κ3) is 12.9. The fourth-order valence-electron chi connectivity index (χ4n) is 2.41. The van der Waals surface area contributed by atoms with E-state index >= 15 is 0 Å². The average molecular weight is 373 g/mol. The minimum Gasteiger partial charge on any atom is -0.444 e. The van der Waals surface area contributed by atoms with Gasteiger partial charge in [0.2, 0.25) is 5.91 Å². The van der Waals surface area contributed by atoms with Crippen molar-refractivity contribution in [1.29, 1.82) is 0 Å². The van der Waals surface area contributed by atoms with E-state index in [0.717, 1.165) is 52.4 Å². The molecule has 0 atom stereocenters. The Bertz CT molecular complexity index is 402. The van der Waals surface area contributed by atoms with Crippen molar-refractivity contribution in [1.82, 2.24) is 31.5 Å². The van der Waals surface area contributed by atoms with Crippen LogP contribution in [0.25, 0.3) is 0 Å². The molecule has 0 aromatic rings. The predicted octanol–water partition coefficient (Wildman–Crippen LogP) is -1.29. The highest BCUT2D eigenvalue weighted by Gasteiger charge is 2.15. The van der Waals surface area contributed by atoms with Crippen LogP contribution in [0.5, 0.6) is 0 Å². The third-order valence-electron chi connectivity index (χ3n) is 3.65. The fraction of sp³-hybridized carbons (Fsp3) is 0.882. The second-order valence-electron chi connectivity index (χ2n) is 7.30. The maximum atomic E-state index is 12.1. The second kappa shape index (κ2) is 12.9. The number of nitrogens with zero attached hydrogens (tertiary/aromatic N) is 1. The molecule has 152 valence electrons. The Hall–Kier alpha value is -1.42. The van der Waals surface area contributed by atoms with E-state index in [-0.39, 0.29) is 5.91 Å². The number of carbonyl (C=O) groups is 2. The van der Waals surface area contributed by atoms with Crippen molar-refractivity contribution < 1.29 is 14.3 Å². The Morgan fingerprint density at radius 1 is 0.885 bits per heavy atom. The van der Waals surface area contributed by atoms with Crippen LogP contribution in [-0.2, 0) is 9.53 Å². The van der Waals surface area contributed by atoms with Crippen molar-refractivity contribution in [3.05, 3.63) is 0 Å². The van der Waals surface area contributed by atoms with E-state index in [1.54, 1.807) is 0 Å². The predicted molar refractivity (Wildman–Crippen MR) is 102 cm³/mol. The summed E-state index contributed by atoms with van der Waals surface area (Å²) in [5.74, 6) is -0.0373. The molecule has 1 saturated heterocycles. The molecule has 1 rings (SSSR count). The summed E-state index contributed by atoms with van der Waals surface area (Å²) in [6, 6.07) is 0. The van der Waals surface area contributed by atoms with Crippen molar-refractivity contribution in [2.24, 2.45) is 0 Å². The zero-order chi connectivity index (χ0) is 19.3. The van der Waals surface area contributed by atoms with Crippen LogP contribution in [0.1, 0.15) is 20.8 Å². The molecule has 2 amide bonds. The molecule has 5 N–H and O–H groups in total. The number of hydrogen-bond donors (Lipinski definition) is 5. The number of alkyl carbamates (subject to hydrolysis) is 1. The molecule has 0 radical (unpaired) electrons. The van der Waals surface area contributed by atoms with Crippen molar-refractivity contribution in [2.75, 3.05) is 72.0 Å². The van der Waals surface area contributed by atoms with Gasteiger partial charge in [0.1, 0.15) is 5.60 Å². The summed E-state index contributed by atoms with van der Waals surface area (Å²) in [5.41, 5.74) is -0.521. The monoisotopic (exact) mass is 372 g/mol. The van der Waals surface area contributed by atoms with Crippen LogP contribution in [0, 0.1) is 0 Å². The summed E-state index contributed by atoms with van der Waals surface area (Å²) in [5, 5.41) is 15.6. The Balaban J connectivity index is 2.20. The van der Waals surface area contributed by atoms with Gasteiger partial charge in [-0.15, -0.1) is 0 Å². The molecule has 1 heterocycles. The first-order valence-corrected chi connectivity index (χ1v) is 9.45. The van der Waals surface area contributed by atoms with Gasteiger partial charge in [-0.25, -0.2) is 4.79 Å². The van der Waals surface area contributed by atoms with Gasteiger partial charge < -0.3 is 31.3 Å². The van der Waals surface area contributed by atoms with E-state index in [2.05, 4.69) is 31.5 Å². The zero-order valence-electron chi connectivity index (χ0n) is 16.5. The van der Waals surface area contributed by atoms with Gasteiger partial charge in [0, 0.05) is 65.4 Å². The highest BCUT2D eigenvalue weighted by molar-refractivity contribution is 5.78. The quantitative estimate of drug-likeness (QED) is 0.382. The summed E-state index contributed by atoms with van der Waals surface area (Å²) in [6.45, 7) is 13.6. The second-order valence-corrected chi connectivity index (χ2v) is 7.30. The van der Waals surface area contributed by atoms with Crippen LogP contribution in [0.15, 0.2) is 0 Å². The first-order chi connectivity index (χ1) is 12.4. The average Bonchev–Trinajstić information content (AvgIpc) is 2.52. The molecule has 0 bridgehead atoms. The lowest BCUT2D eigenvalue weighted by Gasteiger charge is -2.23. The number of rotatable bonds is 5. The largest absolute Gasteiger partial charge is 0.444 e. The van der Waals surface area contributed by atoms with Crippen molar-refractivity contribution >= 4 is 12.0 Å². The van der Waals surface area contributed by atoms with Gasteiger partial charge in [0.15, 0.2) is 0 Å². The number of amides is 2. The lowest BCUT2D eigenvalue weighted by Crippen LogP contribution is -2.46. The molecule has 0 aromatic carbocycles. The van der Waals surface area contributed by atoms with Gasteiger partial charge in [0.05, 0.1) is 6.54 Å². The molecule has 1 aliphatic heterocycles. The Labute approximate surface area is 157 Å². The number of carbonyl (C=O) groups excluding carboxylic acids is 2. The highest BCUT2D eigenvalue weighted by Crippen LogP contribution is 2.05. The van der Waals surface area contributed by atoms with Crippen LogP contribution >= 0.6 is 0 Å². The summed E-state index contributed by atoms with van der Waals surface area (Å²) >= 11 is 0. The van der Waals surface area contributed by atoms with Crippen molar-refractivity contribution in [3.8, 4) is 0 Å². The van der Waals surface area contributed by atoms with Gasteiger partial charge in [0.25, 0.3) is 0 Å².